The molecule has 2 aliphatic rings. The van der Waals surface area contributed by atoms with E-state index in [0.29, 0.717) is 30.8 Å². The molecule has 1 saturated carbocycles. The van der Waals surface area contributed by atoms with E-state index < -0.39 is 0 Å². The molecule has 6 heteroatoms. The zero-order chi connectivity index (χ0) is 14.7. The van der Waals surface area contributed by atoms with Gasteiger partial charge in [-0.1, -0.05) is 0 Å². The van der Waals surface area contributed by atoms with Crippen molar-refractivity contribution >= 4 is 11.7 Å². The molecular weight excluding hydrogens is 268 g/mol. The summed E-state index contributed by atoms with van der Waals surface area (Å²) >= 11 is 0. The lowest BCUT2D eigenvalue weighted by Gasteiger charge is -2.17. The summed E-state index contributed by atoms with van der Waals surface area (Å²) in [5, 5.41) is 2.84. The molecule has 6 nitrogen and oxygen atoms in total. The van der Waals surface area contributed by atoms with Crippen molar-refractivity contribution < 1.29 is 9.53 Å². The Kier molecular flexibility index (Phi) is 4.24. The summed E-state index contributed by atoms with van der Waals surface area (Å²) in [6.07, 6.45) is 7.47. The normalized spacial score (nSPS) is 22.5. The predicted octanol–water partition coefficient (Wildman–Crippen LogP) is 1.97. The lowest BCUT2D eigenvalue weighted by molar-refractivity contribution is 0.201. The largest absolute Gasteiger partial charge is 0.474 e. The molecule has 1 aromatic rings. The molecule has 2 fully saturated rings. The van der Waals surface area contributed by atoms with Crippen molar-refractivity contribution in [2.75, 3.05) is 18.4 Å². The van der Waals surface area contributed by atoms with E-state index in [4.69, 9.17) is 10.5 Å². The van der Waals surface area contributed by atoms with Gasteiger partial charge >= 0.3 is 6.03 Å². The molecule has 1 aromatic heterocycles. The first-order valence-electron chi connectivity index (χ1n) is 7.65. The number of hydrogen-bond acceptors (Lipinski definition) is 4. The van der Waals surface area contributed by atoms with Crippen molar-refractivity contribution in [3.63, 3.8) is 0 Å². The lowest BCUT2D eigenvalue weighted by atomic mass is 10.3. The van der Waals surface area contributed by atoms with Crippen LogP contribution in [0.1, 0.15) is 32.1 Å². The van der Waals surface area contributed by atoms with Crippen molar-refractivity contribution in [2.45, 2.75) is 44.2 Å². The monoisotopic (exact) mass is 290 g/mol. The number of amides is 2. The highest BCUT2D eigenvalue weighted by Gasteiger charge is 2.23. The Morgan fingerprint density at radius 1 is 1.33 bits per heavy atom. The van der Waals surface area contributed by atoms with Crippen LogP contribution >= 0.6 is 0 Å². The number of hydrogen-bond donors (Lipinski definition) is 2. The van der Waals surface area contributed by atoms with Gasteiger partial charge in [-0.3, -0.25) is 0 Å². The first-order chi connectivity index (χ1) is 10.2. The maximum absolute atomic E-state index is 12.0. The maximum Gasteiger partial charge on any atom is 0.321 e. The van der Waals surface area contributed by atoms with Gasteiger partial charge in [0, 0.05) is 25.2 Å². The van der Waals surface area contributed by atoms with Gasteiger partial charge in [-0.15, -0.1) is 0 Å². The molecule has 1 aliphatic carbocycles. The Morgan fingerprint density at radius 3 is 2.76 bits per heavy atom. The summed E-state index contributed by atoms with van der Waals surface area (Å²) in [5.41, 5.74) is 6.48. The molecule has 0 unspecified atom stereocenters. The van der Waals surface area contributed by atoms with Crippen LogP contribution in [0.25, 0.3) is 0 Å². The van der Waals surface area contributed by atoms with Crippen molar-refractivity contribution in [2.24, 2.45) is 5.73 Å². The van der Waals surface area contributed by atoms with Gasteiger partial charge < -0.3 is 20.7 Å². The van der Waals surface area contributed by atoms with Crippen LogP contribution in [0.2, 0.25) is 0 Å². The number of nitrogens with one attached hydrogen (secondary N) is 1. The van der Waals surface area contributed by atoms with Crippen LogP contribution in [-0.4, -0.2) is 41.2 Å². The van der Waals surface area contributed by atoms with Gasteiger partial charge in [0.15, 0.2) is 0 Å². The fraction of sp³-hybridized carbons (Fsp3) is 0.600. The van der Waals surface area contributed by atoms with Crippen molar-refractivity contribution in [3.8, 4) is 5.88 Å². The van der Waals surface area contributed by atoms with Gasteiger partial charge in [0.1, 0.15) is 6.10 Å². The second-order valence-electron chi connectivity index (χ2n) is 5.83. The van der Waals surface area contributed by atoms with E-state index >= 15 is 0 Å². The molecule has 0 spiro atoms. The lowest BCUT2D eigenvalue weighted by Crippen LogP contribution is -2.35. The van der Waals surface area contributed by atoms with Crippen LogP contribution in [-0.2, 0) is 0 Å². The summed E-state index contributed by atoms with van der Waals surface area (Å²) in [6, 6.07) is 3.61. The molecule has 2 amide bonds. The fourth-order valence-electron chi connectivity index (χ4n) is 2.88. The van der Waals surface area contributed by atoms with Crippen LogP contribution in [0.15, 0.2) is 18.3 Å². The van der Waals surface area contributed by atoms with Crippen LogP contribution in [0.5, 0.6) is 5.88 Å². The number of carbonyl (C=O) groups is 1. The Balaban J connectivity index is 1.53. The summed E-state index contributed by atoms with van der Waals surface area (Å²) in [4.78, 5) is 18.0. The van der Waals surface area contributed by atoms with E-state index in [0.717, 1.165) is 19.3 Å². The van der Waals surface area contributed by atoms with Crippen LogP contribution in [0.4, 0.5) is 10.5 Å². The molecule has 1 atom stereocenters. The van der Waals surface area contributed by atoms with E-state index in [1.54, 1.807) is 11.1 Å². The molecule has 3 N–H and O–H groups in total. The third-order valence-electron chi connectivity index (χ3n) is 4.09. The fourth-order valence-corrected chi connectivity index (χ4v) is 2.88. The quantitative estimate of drug-likeness (QED) is 0.892. The Morgan fingerprint density at radius 2 is 2.14 bits per heavy atom. The highest BCUT2D eigenvalue weighted by Crippen LogP contribution is 2.23. The number of anilines is 1. The summed E-state index contributed by atoms with van der Waals surface area (Å²) in [7, 11) is 0. The number of likely N-dealkylation sites (tertiary alicyclic amines) is 1. The topological polar surface area (TPSA) is 80.5 Å². The second kappa shape index (κ2) is 6.30. The minimum absolute atomic E-state index is 0.0936. The number of urea groups is 1. The molecule has 114 valence electrons. The molecule has 0 radical (unpaired) electrons. The molecule has 2 heterocycles. The van der Waals surface area contributed by atoms with E-state index in [-0.39, 0.29) is 12.1 Å². The third-order valence-corrected chi connectivity index (χ3v) is 4.09. The zero-order valence-electron chi connectivity index (χ0n) is 12.1. The Labute approximate surface area is 124 Å². The minimum atomic E-state index is -0.116. The first-order valence-corrected chi connectivity index (χ1v) is 7.65. The number of rotatable bonds is 3. The highest BCUT2D eigenvalue weighted by atomic mass is 16.5. The number of carbonyl (C=O) groups excluding carboxylic acids is 1. The number of nitrogens with zero attached hydrogens (tertiary/aromatic N) is 2. The van der Waals surface area contributed by atoms with Gasteiger partial charge in [-0.05, 0) is 38.2 Å². The molecular formula is C15H22N4O2. The van der Waals surface area contributed by atoms with Crippen molar-refractivity contribution in [3.05, 3.63) is 18.3 Å². The molecule has 21 heavy (non-hydrogen) atoms. The highest BCUT2D eigenvalue weighted by molar-refractivity contribution is 5.89. The van der Waals surface area contributed by atoms with Gasteiger partial charge in [-0.2, -0.15) is 0 Å². The number of nitrogens with two attached hydrogens (primary N) is 1. The first kappa shape index (κ1) is 14.1. The van der Waals surface area contributed by atoms with Crippen LogP contribution < -0.4 is 15.8 Å². The minimum Gasteiger partial charge on any atom is -0.474 e. The summed E-state index contributed by atoms with van der Waals surface area (Å²) in [6.45, 7) is 1.32. The molecule has 0 bridgehead atoms. The van der Waals surface area contributed by atoms with E-state index in [1.807, 2.05) is 12.1 Å². The molecule has 3 rings (SSSR count). The number of ether oxygens (including phenoxy) is 1. The van der Waals surface area contributed by atoms with Crippen LogP contribution in [0, 0.1) is 0 Å². The van der Waals surface area contributed by atoms with E-state index in [2.05, 4.69) is 10.3 Å². The average Bonchev–Trinajstić information content (AvgIpc) is 3.12. The second-order valence-corrected chi connectivity index (χ2v) is 5.83. The summed E-state index contributed by atoms with van der Waals surface area (Å²) < 4.78 is 5.80. The van der Waals surface area contributed by atoms with E-state index in [9.17, 15) is 4.79 Å². The average molecular weight is 290 g/mol. The Hall–Kier alpha value is -1.82. The SMILES string of the molecule is N[C@H]1CCN(C(=O)Nc2ccc(OC3CCCC3)nc2)C1. The smallest absolute Gasteiger partial charge is 0.321 e. The number of aromatic nitrogens is 1. The Bertz CT molecular complexity index is 485. The van der Waals surface area contributed by atoms with Gasteiger partial charge in [-0.25, -0.2) is 9.78 Å². The van der Waals surface area contributed by atoms with Crippen LogP contribution in [0.3, 0.4) is 0 Å². The third kappa shape index (κ3) is 3.64. The predicted molar refractivity (Wildman–Crippen MR) is 80.3 cm³/mol. The standard InChI is InChI=1S/C15H22N4O2/c16-11-7-8-19(10-11)15(20)18-12-5-6-14(17-9-12)21-13-3-1-2-4-13/h5-6,9,11,13H,1-4,7-8,10,16H2,(H,18,20)/t11-/m0/s1. The van der Waals surface area contributed by atoms with Crippen molar-refractivity contribution in [1.82, 2.24) is 9.88 Å². The molecule has 1 saturated heterocycles. The number of pyridine rings is 1. The van der Waals surface area contributed by atoms with Crippen molar-refractivity contribution in [1.29, 1.82) is 0 Å². The van der Waals surface area contributed by atoms with E-state index in [1.165, 1.54) is 12.8 Å². The zero-order valence-corrected chi connectivity index (χ0v) is 12.1. The molecule has 1 aliphatic heterocycles. The summed E-state index contributed by atoms with van der Waals surface area (Å²) in [5.74, 6) is 0.628. The van der Waals surface area contributed by atoms with Gasteiger partial charge in [0.25, 0.3) is 0 Å². The maximum atomic E-state index is 12.0. The molecule has 0 aromatic carbocycles. The van der Waals surface area contributed by atoms with Gasteiger partial charge in [0.2, 0.25) is 5.88 Å². The van der Waals surface area contributed by atoms with Gasteiger partial charge in [0.05, 0.1) is 11.9 Å².